The molecule has 0 bridgehead atoms. The Morgan fingerprint density at radius 1 is 1.07 bits per heavy atom. The van der Waals surface area contributed by atoms with Crippen LogP contribution in [0.5, 0.6) is 5.75 Å². The van der Waals surface area contributed by atoms with Crippen molar-refractivity contribution in [3.63, 3.8) is 0 Å². The van der Waals surface area contributed by atoms with E-state index in [9.17, 15) is 9.18 Å². The van der Waals surface area contributed by atoms with Crippen molar-refractivity contribution in [3.8, 4) is 5.75 Å². The highest BCUT2D eigenvalue weighted by Crippen LogP contribution is 2.23. The van der Waals surface area contributed by atoms with E-state index < -0.39 is 0 Å². The zero-order valence-electron chi connectivity index (χ0n) is 17.2. The van der Waals surface area contributed by atoms with Gasteiger partial charge in [-0.3, -0.25) is 4.79 Å². The molecule has 0 aliphatic carbocycles. The summed E-state index contributed by atoms with van der Waals surface area (Å²) in [5.74, 6) is 0.511. The predicted molar refractivity (Wildman–Crippen MR) is 112 cm³/mol. The van der Waals surface area contributed by atoms with Crippen LogP contribution in [-0.2, 0) is 11.3 Å². The zero-order chi connectivity index (χ0) is 20.6. The molecule has 0 atom stereocenters. The van der Waals surface area contributed by atoms with Crippen molar-refractivity contribution in [3.05, 3.63) is 59.4 Å². The summed E-state index contributed by atoms with van der Waals surface area (Å²) in [5, 5.41) is 0. The lowest BCUT2D eigenvalue weighted by Crippen LogP contribution is -2.48. The summed E-state index contributed by atoms with van der Waals surface area (Å²) in [6.07, 6.45) is 2.10. The second-order valence-corrected chi connectivity index (χ2v) is 7.19. The minimum atomic E-state index is -0.239. The lowest BCUT2D eigenvalue weighted by molar-refractivity contribution is 0.0746. The van der Waals surface area contributed by atoms with E-state index in [1.165, 1.54) is 12.1 Å². The van der Waals surface area contributed by atoms with Crippen LogP contribution in [-0.4, -0.2) is 50.7 Å². The van der Waals surface area contributed by atoms with Gasteiger partial charge in [0.2, 0.25) is 0 Å². The maximum Gasteiger partial charge on any atom is 0.253 e. The number of hydrogen-bond acceptors (Lipinski definition) is 4. The van der Waals surface area contributed by atoms with Gasteiger partial charge in [-0.2, -0.15) is 0 Å². The third-order valence-corrected chi connectivity index (χ3v) is 5.19. The minimum absolute atomic E-state index is 0.0150. The van der Waals surface area contributed by atoms with Gasteiger partial charge in [0.25, 0.3) is 5.91 Å². The summed E-state index contributed by atoms with van der Waals surface area (Å²) in [4.78, 5) is 17.0. The molecule has 156 valence electrons. The number of piperazine rings is 1. The second kappa shape index (κ2) is 10.3. The van der Waals surface area contributed by atoms with E-state index in [0.29, 0.717) is 31.9 Å². The van der Waals surface area contributed by atoms with Crippen molar-refractivity contribution >= 4 is 11.6 Å². The largest absolute Gasteiger partial charge is 0.496 e. The van der Waals surface area contributed by atoms with Gasteiger partial charge in [-0.05, 0) is 48.9 Å². The standard InChI is InChI=1S/C23H29FN2O3/c1-3-4-15-29-17-19-16-18(5-10-22(19)28-2)23(27)26-13-11-25(12-14-26)21-8-6-20(24)7-9-21/h5-10,16H,3-4,11-15,17H2,1-2H3. The smallest absolute Gasteiger partial charge is 0.253 e. The molecule has 0 radical (unpaired) electrons. The lowest BCUT2D eigenvalue weighted by Gasteiger charge is -2.36. The van der Waals surface area contributed by atoms with E-state index in [4.69, 9.17) is 9.47 Å². The van der Waals surface area contributed by atoms with Gasteiger partial charge in [-0.25, -0.2) is 4.39 Å². The molecule has 2 aromatic rings. The molecule has 0 aromatic heterocycles. The molecule has 1 saturated heterocycles. The van der Waals surface area contributed by atoms with Gasteiger partial charge in [0.05, 0.1) is 13.7 Å². The fraction of sp³-hybridized carbons (Fsp3) is 0.435. The third kappa shape index (κ3) is 5.48. The first-order chi connectivity index (χ1) is 14.1. The number of methoxy groups -OCH3 is 1. The number of hydrogen-bond donors (Lipinski definition) is 0. The van der Waals surface area contributed by atoms with Crippen LogP contribution in [0.4, 0.5) is 10.1 Å². The summed E-state index contributed by atoms with van der Waals surface area (Å²) in [5.41, 5.74) is 2.52. The van der Waals surface area contributed by atoms with E-state index >= 15 is 0 Å². The maximum atomic E-state index is 13.1. The van der Waals surface area contributed by atoms with Crippen LogP contribution in [0.25, 0.3) is 0 Å². The van der Waals surface area contributed by atoms with Gasteiger partial charge in [0.15, 0.2) is 0 Å². The predicted octanol–water partition coefficient (Wildman–Crippen LogP) is 4.11. The monoisotopic (exact) mass is 400 g/mol. The van der Waals surface area contributed by atoms with Gasteiger partial charge in [-0.1, -0.05) is 13.3 Å². The SMILES string of the molecule is CCCCOCc1cc(C(=O)N2CCN(c3ccc(F)cc3)CC2)ccc1OC. The van der Waals surface area contributed by atoms with Crippen molar-refractivity contribution in [2.24, 2.45) is 0 Å². The Bertz CT molecular complexity index is 802. The van der Waals surface area contributed by atoms with Crippen LogP contribution in [0, 0.1) is 5.82 Å². The maximum absolute atomic E-state index is 13.1. The Morgan fingerprint density at radius 2 is 1.79 bits per heavy atom. The number of ether oxygens (including phenoxy) is 2. The van der Waals surface area contributed by atoms with Gasteiger partial charge in [0, 0.05) is 49.6 Å². The molecule has 1 heterocycles. The van der Waals surface area contributed by atoms with Crippen molar-refractivity contribution in [2.45, 2.75) is 26.4 Å². The fourth-order valence-corrected chi connectivity index (χ4v) is 3.46. The number of halogens is 1. The van der Waals surface area contributed by atoms with Crippen LogP contribution in [0.3, 0.4) is 0 Å². The summed E-state index contributed by atoms with van der Waals surface area (Å²) in [6, 6.07) is 12.0. The first-order valence-corrected chi connectivity index (χ1v) is 10.2. The topological polar surface area (TPSA) is 42.0 Å². The van der Waals surface area contributed by atoms with Crippen LogP contribution >= 0.6 is 0 Å². The fourth-order valence-electron chi connectivity index (χ4n) is 3.46. The number of carbonyl (C=O) groups is 1. The van der Waals surface area contributed by atoms with Gasteiger partial charge in [-0.15, -0.1) is 0 Å². The number of rotatable bonds is 8. The molecule has 0 spiro atoms. The quantitative estimate of drug-likeness (QED) is 0.626. The Hall–Kier alpha value is -2.60. The number of benzene rings is 2. The Kier molecular flexibility index (Phi) is 7.47. The molecule has 5 nitrogen and oxygen atoms in total. The molecule has 1 aliphatic rings. The summed E-state index contributed by atoms with van der Waals surface area (Å²) in [7, 11) is 1.63. The number of unbranched alkanes of at least 4 members (excludes halogenated alkanes) is 1. The molecule has 0 saturated carbocycles. The van der Waals surface area contributed by atoms with E-state index in [-0.39, 0.29) is 11.7 Å². The van der Waals surface area contributed by atoms with Gasteiger partial charge in [0.1, 0.15) is 11.6 Å². The highest BCUT2D eigenvalue weighted by Gasteiger charge is 2.23. The van der Waals surface area contributed by atoms with E-state index in [0.717, 1.165) is 42.9 Å². The molecular weight excluding hydrogens is 371 g/mol. The molecule has 0 N–H and O–H groups in total. The summed E-state index contributed by atoms with van der Waals surface area (Å²) >= 11 is 0. The number of nitrogens with zero attached hydrogens (tertiary/aromatic N) is 2. The number of amides is 1. The third-order valence-electron chi connectivity index (χ3n) is 5.19. The highest BCUT2D eigenvalue weighted by atomic mass is 19.1. The first-order valence-electron chi connectivity index (χ1n) is 10.2. The molecule has 29 heavy (non-hydrogen) atoms. The highest BCUT2D eigenvalue weighted by molar-refractivity contribution is 5.94. The molecular formula is C23H29FN2O3. The lowest BCUT2D eigenvalue weighted by atomic mass is 10.1. The van der Waals surface area contributed by atoms with Gasteiger partial charge >= 0.3 is 0 Å². The van der Waals surface area contributed by atoms with Crippen LogP contribution in [0.15, 0.2) is 42.5 Å². The van der Waals surface area contributed by atoms with Crippen LogP contribution < -0.4 is 9.64 Å². The average molecular weight is 400 g/mol. The van der Waals surface area contributed by atoms with E-state index in [1.54, 1.807) is 19.2 Å². The Labute approximate surface area is 172 Å². The van der Waals surface area contributed by atoms with Crippen LogP contribution in [0.1, 0.15) is 35.7 Å². The number of anilines is 1. The molecule has 6 heteroatoms. The molecule has 3 rings (SSSR count). The van der Waals surface area contributed by atoms with E-state index in [1.807, 2.05) is 23.1 Å². The molecule has 2 aromatic carbocycles. The van der Waals surface area contributed by atoms with Crippen molar-refractivity contribution in [2.75, 3.05) is 44.8 Å². The molecule has 0 unspecified atom stereocenters. The Morgan fingerprint density at radius 3 is 2.45 bits per heavy atom. The second-order valence-electron chi connectivity index (χ2n) is 7.19. The zero-order valence-corrected chi connectivity index (χ0v) is 17.2. The van der Waals surface area contributed by atoms with Crippen molar-refractivity contribution < 1.29 is 18.7 Å². The first kappa shape index (κ1) is 21.1. The summed E-state index contributed by atoms with van der Waals surface area (Å²) in [6.45, 7) is 5.96. The normalized spacial score (nSPS) is 14.2. The van der Waals surface area contributed by atoms with E-state index in [2.05, 4.69) is 11.8 Å². The summed E-state index contributed by atoms with van der Waals surface area (Å²) < 4.78 is 24.3. The van der Waals surface area contributed by atoms with Gasteiger partial charge < -0.3 is 19.3 Å². The van der Waals surface area contributed by atoms with Crippen LogP contribution in [0.2, 0.25) is 0 Å². The molecule has 1 amide bonds. The molecule has 1 aliphatic heterocycles. The number of carbonyl (C=O) groups excluding carboxylic acids is 1. The minimum Gasteiger partial charge on any atom is -0.496 e. The average Bonchev–Trinajstić information content (AvgIpc) is 2.77. The van der Waals surface area contributed by atoms with Crippen molar-refractivity contribution in [1.29, 1.82) is 0 Å². The molecule has 1 fully saturated rings. The Balaban J connectivity index is 1.62. The van der Waals surface area contributed by atoms with Crippen molar-refractivity contribution in [1.82, 2.24) is 4.90 Å².